The molecule has 0 aliphatic rings. The van der Waals surface area contributed by atoms with Crippen molar-refractivity contribution in [1.29, 1.82) is 0 Å². The Balaban J connectivity index is 2.21. The predicted octanol–water partition coefficient (Wildman–Crippen LogP) is 1.96. The van der Waals surface area contributed by atoms with Crippen LogP contribution in [0.4, 0.5) is 0 Å². The second kappa shape index (κ2) is 5.59. The number of carboxylic acids is 1. The minimum Gasteiger partial charge on any atom is -0.497 e. The summed E-state index contributed by atoms with van der Waals surface area (Å²) in [5, 5.41) is 17.3. The van der Waals surface area contributed by atoms with E-state index in [-0.39, 0.29) is 0 Å². The maximum Gasteiger partial charge on any atom is 0.313 e. The van der Waals surface area contributed by atoms with Crippen molar-refractivity contribution in [2.24, 2.45) is 0 Å². The number of methoxy groups -OCH3 is 1. The van der Waals surface area contributed by atoms with Gasteiger partial charge in [-0.25, -0.2) is 0 Å². The van der Waals surface area contributed by atoms with Crippen LogP contribution in [0.25, 0.3) is 0 Å². The average Bonchev–Trinajstić information content (AvgIpc) is 2.89. The molecular formula is C12H12N2O3S. The Morgan fingerprint density at radius 2 is 2.39 bits per heavy atom. The van der Waals surface area contributed by atoms with Crippen LogP contribution in [0, 0.1) is 0 Å². The lowest BCUT2D eigenvalue weighted by atomic mass is 10.00. The molecule has 0 aliphatic carbocycles. The van der Waals surface area contributed by atoms with E-state index in [4.69, 9.17) is 4.74 Å². The number of carbonyl (C=O) groups is 1. The molecule has 1 heterocycles. The van der Waals surface area contributed by atoms with Crippen molar-refractivity contribution in [2.45, 2.75) is 12.3 Å². The molecule has 0 radical (unpaired) electrons. The monoisotopic (exact) mass is 264 g/mol. The van der Waals surface area contributed by atoms with Crippen LogP contribution in [-0.2, 0) is 11.2 Å². The summed E-state index contributed by atoms with van der Waals surface area (Å²) in [4.78, 5) is 11.3. The van der Waals surface area contributed by atoms with Crippen molar-refractivity contribution >= 4 is 17.3 Å². The van der Waals surface area contributed by atoms with Gasteiger partial charge in [-0.15, -0.1) is 21.5 Å². The van der Waals surface area contributed by atoms with Crippen molar-refractivity contribution in [2.75, 3.05) is 7.11 Å². The highest BCUT2D eigenvalue weighted by molar-refractivity contribution is 7.09. The SMILES string of the molecule is COc1cccc(CC(C(=O)O)c2nncs2)c1. The van der Waals surface area contributed by atoms with Crippen molar-refractivity contribution in [3.63, 3.8) is 0 Å². The normalized spacial score (nSPS) is 12.1. The Morgan fingerprint density at radius 1 is 1.56 bits per heavy atom. The lowest BCUT2D eigenvalue weighted by Gasteiger charge is -2.09. The van der Waals surface area contributed by atoms with Gasteiger partial charge >= 0.3 is 5.97 Å². The molecule has 1 N–H and O–H groups in total. The molecule has 0 aliphatic heterocycles. The van der Waals surface area contributed by atoms with Gasteiger partial charge < -0.3 is 9.84 Å². The van der Waals surface area contributed by atoms with Gasteiger partial charge in [0.1, 0.15) is 22.2 Å². The number of nitrogens with zero attached hydrogens (tertiary/aromatic N) is 2. The number of ether oxygens (including phenoxy) is 1. The zero-order chi connectivity index (χ0) is 13.0. The van der Waals surface area contributed by atoms with Crippen molar-refractivity contribution in [3.05, 3.63) is 40.3 Å². The van der Waals surface area contributed by atoms with Gasteiger partial charge in [0.2, 0.25) is 0 Å². The van der Waals surface area contributed by atoms with E-state index in [0.717, 1.165) is 5.56 Å². The van der Waals surface area contributed by atoms with E-state index in [1.54, 1.807) is 7.11 Å². The molecule has 18 heavy (non-hydrogen) atoms. The van der Waals surface area contributed by atoms with Crippen LogP contribution in [0.3, 0.4) is 0 Å². The molecule has 5 nitrogen and oxygen atoms in total. The molecule has 1 aromatic heterocycles. The third-order valence-corrected chi connectivity index (χ3v) is 3.35. The van der Waals surface area contributed by atoms with Gasteiger partial charge in [0.15, 0.2) is 0 Å². The summed E-state index contributed by atoms with van der Waals surface area (Å²) in [5.74, 6) is -0.840. The third-order valence-electron chi connectivity index (χ3n) is 2.55. The van der Waals surface area contributed by atoms with Gasteiger partial charge in [0, 0.05) is 0 Å². The first-order chi connectivity index (χ1) is 8.70. The average molecular weight is 264 g/mol. The number of aromatic nitrogens is 2. The zero-order valence-electron chi connectivity index (χ0n) is 9.74. The minimum absolute atomic E-state index is 0.377. The van der Waals surface area contributed by atoms with Crippen LogP contribution in [0.2, 0.25) is 0 Å². The van der Waals surface area contributed by atoms with Gasteiger partial charge in [0.25, 0.3) is 0 Å². The smallest absolute Gasteiger partial charge is 0.313 e. The zero-order valence-corrected chi connectivity index (χ0v) is 10.6. The molecule has 6 heteroatoms. The van der Waals surface area contributed by atoms with E-state index in [9.17, 15) is 9.90 Å². The van der Waals surface area contributed by atoms with Crippen LogP contribution < -0.4 is 4.74 Å². The first-order valence-corrected chi connectivity index (χ1v) is 6.20. The summed E-state index contributed by atoms with van der Waals surface area (Å²) < 4.78 is 5.11. The van der Waals surface area contributed by atoms with Crippen LogP contribution in [0.5, 0.6) is 5.75 Å². The second-order valence-electron chi connectivity index (χ2n) is 3.72. The lowest BCUT2D eigenvalue weighted by molar-refractivity contribution is -0.138. The first kappa shape index (κ1) is 12.5. The number of hydrogen-bond donors (Lipinski definition) is 1. The Labute approximate surface area is 108 Å². The van der Waals surface area contributed by atoms with Gasteiger partial charge in [-0.3, -0.25) is 4.79 Å². The van der Waals surface area contributed by atoms with Gasteiger partial charge in [-0.2, -0.15) is 0 Å². The fourth-order valence-corrected chi connectivity index (χ4v) is 2.29. The van der Waals surface area contributed by atoms with Crippen LogP contribution in [-0.4, -0.2) is 28.4 Å². The molecule has 0 fully saturated rings. The predicted molar refractivity (Wildman–Crippen MR) is 67.0 cm³/mol. The fraction of sp³-hybridized carbons (Fsp3) is 0.250. The summed E-state index contributed by atoms with van der Waals surface area (Å²) in [6.45, 7) is 0. The second-order valence-corrected chi connectivity index (χ2v) is 4.59. The third kappa shape index (κ3) is 2.84. The fourth-order valence-electron chi connectivity index (χ4n) is 1.65. The molecular weight excluding hydrogens is 252 g/mol. The van der Waals surface area contributed by atoms with E-state index >= 15 is 0 Å². The Hall–Kier alpha value is -1.95. The molecule has 0 saturated heterocycles. The molecule has 0 saturated carbocycles. The minimum atomic E-state index is -0.894. The van der Waals surface area contributed by atoms with Crippen molar-refractivity contribution in [1.82, 2.24) is 10.2 Å². The largest absolute Gasteiger partial charge is 0.497 e. The molecule has 1 unspecified atom stereocenters. The molecule has 1 aromatic carbocycles. The van der Waals surface area contributed by atoms with E-state index in [1.807, 2.05) is 24.3 Å². The highest BCUT2D eigenvalue weighted by atomic mass is 32.1. The summed E-state index contributed by atoms with van der Waals surface area (Å²) in [6.07, 6.45) is 0.377. The van der Waals surface area contributed by atoms with Gasteiger partial charge in [-0.1, -0.05) is 12.1 Å². The topological polar surface area (TPSA) is 72.3 Å². The molecule has 0 amide bonds. The Bertz CT molecular complexity index is 528. The van der Waals surface area contributed by atoms with Crippen LogP contribution >= 0.6 is 11.3 Å². The summed E-state index contributed by atoms with van der Waals surface area (Å²) in [5.41, 5.74) is 2.44. The molecule has 2 aromatic rings. The van der Waals surface area contributed by atoms with E-state index < -0.39 is 11.9 Å². The molecule has 0 bridgehead atoms. The molecule has 2 rings (SSSR count). The maximum absolute atomic E-state index is 11.3. The standard InChI is InChI=1S/C12H12N2O3S/c1-17-9-4-2-3-8(5-9)6-10(12(15)16)11-14-13-7-18-11/h2-5,7,10H,6H2,1H3,(H,15,16). The maximum atomic E-state index is 11.3. The van der Waals surface area contributed by atoms with Gasteiger partial charge in [0.05, 0.1) is 7.11 Å². The molecule has 1 atom stereocenters. The number of hydrogen-bond acceptors (Lipinski definition) is 5. The molecule has 0 spiro atoms. The van der Waals surface area contributed by atoms with Crippen LogP contribution in [0.15, 0.2) is 29.8 Å². The quantitative estimate of drug-likeness (QED) is 0.893. The number of carboxylic acid groups (broad SMARTS) is 1. The molecule has 94 valence electrons. The van der Waals surface area contributed by atoms with E-state index in [2.05, 4.69) is 10.2 Å². The van der Waals surface area contributed by atoms with Crippen LogP contribution in [0.1, 0.15) is 16.5 Å². The number of rotatable bonds is 5. The van der Waals surface area contributed by atoms with E-state index in [0.29, 0.717) is 17.2 Å². The summed E-state index contributed by atoms with van der Waals surface area (Å²) in [7, 11) is 1.58. The van der Waals surface area contributed by atoms with Crippen molar-refractivity contribution < 1.29 is 14.6 Å². The number of aliphatic carboxylic acids is 1. The number of benzene rings is 1. The Kier molecular flexibility index (Phi) is 3.88. The lowest BCUT2D eigenvalue weighted by Crippen LogP contribution is -2.14. The summed E-state index contributed by atoms with van der Waals surface area (Å²) >= 11 is 1.25. The highest BCUT2D eigenvalue weighted by Crippen LogP contribution is 2.24. The Morgan fingerprint density at radius 3 is 3.00 bits per heavy atom. The van der Waals surface area contributed by atoms with Crippen molar-refractivity contribution in [3.8, 4) is 5.75 Å². The first-order valence-electron chi connectivity index (χ1n) is 5.32. The summed E-state index contributed by atoms with van der Waals surface area (Å²) in [6, 6.07) is 7.37. The van der Waals surface area contributed by atoms with Gasteiger partial charge in [-0.05, 0) is 24.1 Å². The van der Waals surface area contributed by atoms with E-state index in [1.165, 1.54) is 16.8 Å². The highest BCUT2D eigenvalue weighted by Gasteiger charge is 2.23.